The van der Waals surface area contributed by atoms with Crippen molar-refractivity contribution in [3.8, 4) is 0 Å². The van der Waals surface area contributed by atoms with E-state index in [2.05, 4.69) is 0 Å². The lowest BCUT2D eigenvalue weighted by atomic mass is 10.1. The van der Waals surface area contributed by atoms with Crippen molar-refractivity contribution in [1.82, 2.24) is 0 Å². The number of esters is 1. The van der Waals surface area contributed by atoms with Gasteiger partial charge in [-0.15, -0.1) is 0 Å². The van der Waals surface area contributed by atoms with E-state index in [4.69, 9.17) is 9.47 Å². The zero-order valence-electron chi connectivity index (χ0n) is 9.49. The highest BCUT2D eigenvalue weighted by atomic mass is 16.6. The lowest BCUT2D eigenvalue weighted by Crippen LogP contribution is -2.35. The third kappa shape index (κ3) is 3.38. The van der Waals surface area contributed by atoms with Crippen LogP contribution in [-0.2, 0) is 19.1 Å². The van der Waals surface area contributed by atoms with Gasteiger partial charge in [0.15, 0.2) is 5.78 Å². The number of hydrogen-bond acceptors (Lipinski definition) is 4. The number of Topliss-reactive ketones (excluding diaryl/α,β-unsaturated/α-hetero) is 1. The minimum Gasteiger partial charge on any atom is -0.485 e. The Morgan fingerprint density at radius 3 is 2.60 bits per heavy atom. The van der Waals surface area contributed by atoms with Crippen LogP contribution in [0.3, 0.4) is 0 Å². The molecular weight excluding hydrogens is 196 g/mol. The summed E-state index contributed by atoms with van der Waals surface area (Å²) < 4.78 is 10.2. The molecule has 0 aliphatic carbocycles. The maximum atomic E-state index is 11.5. The number of allylic oxidation sites excluding steroid dienone is 1. The Bertz CT molecular complexity index is 309. The fourth-order valence-electron chi connectivity index (χ4n) is 1.13. The molecule has 15 heavy (non-hydrogen) atoms. The molecule has 1 aliphatic rings. The Balaban J connectivity index is 2.61. The van der Waals surface area contributed by atoms with E-state index >= 15 is 0 Å². The molecule has 1 aliphatic heterocycles. The summed E-state index contributed by atoms with van der Waals surface area (Å²) in [7, 11) is 0. The summed E-state index contributed by atoms with van der Waals surface area (Å²) in [6, 6.07) is 0. The molecule has 4 nitrogen and oxygen atoms in total. The number of carbonyl (C=O) groups is 2. The number of carbonyl (C=O) groups excluding carboxylic acids is 2. The molecule has 0 saturated heterocycles. The zero-order valence-corrected chi connectivity index (χ0v) is 9.49. The molecule has 4 heteroatoms. The first-order chi connectivity index (χ1) is 6.79. The monoisotopic (exact) mass is 212 g/mol. The van der Waals surface area contributed by atoms with Crippen LogP contribution in [0, 0.1) is 0 Å². The Morgan fingerprint density at radius 2 is 2.13 bits per heavy atom. The van der Waals surface area contributed by atoms with Crippen LogP contribution in [0.5, 0.6) is 0 Å². The smallest absolute Gasteiger partial charge is 0.348 e. The van der Waals surface area contributed by atoms with Crippen molar-refractivity contribution in [2.24, 2.45) is 0 Å². The molecule has 0 saturated carbocycles. The van der Waals surface area contributed by atoms with E-state index in [1.54, 1.807) is 27.7 Å². The van der Waals surface area contributed by atoms with E-state index in [0.717, 1.165) is 0 Å². The topological polar surface area (TPSA) is 52.6 Å². The Labute approximate surface area is 89.2 Å². The van der Waals surface area contributed by atoms with Crippen molar-refractivity contribution >= 4 is 11.8 Å². The highest BCUT2D eigenvalue weighted by Crippen LogP contribution is 2.17. The highest BCUT2D eigenvalue weighted by Gasteiger charge is 2.31. The van der Waals surface area contributed by atoms with E-state index in [9.17, 15) is 9.59 Å². The lowest BCUT2D eigenvalue weighted by molar-refractivity contribution is -0.167. The molecule has 84 valence electrons. The van der Waals surface area contributed by atoms with Crippen LogP contribution < -0.4 is 0 Å². The molecule has 0 aromatic carbocycles. The molecule has 0 fully saturated rings. The number of ketones is 1. The van der Waals surface area contributed by atoms with Gasteiger partial charge in [0.25, 0.3) is 0 Å². The number of hydrogen-bond donors (Lipinski definition) is 0. The van der Waals surface area contributed by atoms with E-state index in [-0.39, 0.29) is 12.2 Å². The van der Waals surface area contributed by atoms with Gasteiger partial charge >= 0.3 is 5.97 Å². The molecule has 1 atom stereocenters. The van der Waals surface area contributed by atoms with Gasteiger partial charge in [0, 0.05) is 5.57 Å². The van der Waals surface area contributed by atoms with E-state index < -0.39 is 17.7 Å². The van der Waals surface area contributed by atoms with Crippen LogP contribution in [0.15, 0.2) is 11.8 Å². The summed E-state index contributed by atoms with van der Waals surface area (Å²) in [6.07, 6.45) is 0.595. The third-order valence-electron chi connectivity index (χ3n) is 1.89. The van der Waals surface area contributed by atoms with Crippen LogP contribution in [0.1, 0.15) is 34.1 Å². The summed E-state index contributed by atoms with van der Waals surface area (Å²) >= 11 is 0. The van der Waals surface area contributed by atoms with Crippen molar-refractivity contribution in [1.29, 1.82) is 0 Å². The largest absolute Gasteiger partial charge is 0.485 e. The Morgan fingerprint density at radius 1 is 1.53 bits per heavy atom. The van der Waals surface area contributed by atoms with Gasteiger partial charge in [-0.25, -0.2) is 4.79 Å². The summed E-state index contributed by atoms with van der Waals surface area (Å²) in [5.74, 6) is -0.559. The van der Waals surface area contributed by atoms with Gasteiger partial charge in [0.1, 0.15) is 5.60 Å². The minimum absolute atomic E-state index is 0.0667. The average Bonchev–Trinajstić information content (AvgIpc) is 2.06. The summed E-state index contributed by atoms with van der Waals surface area (Å²) in [5.41, 5.74) is -0.0190. The fourth-order valence-corrected chi connectivity index (χ4v) is 1.13. The first kappa shape index (κ1) is 11.8. The maximum absolute atomic E-state index is 11.5. The predicted octanol–water partition coefficient (Wildman–Crippen LogP) is 1.59. The van der Waals surface area contributed by atoms with Gasteiger partial charge in [-0.1, -0.05) is 0 Å². The minimum atomic E-state index is -0.791. The third-order valence-corrected chi connectivity index (χ3v) is 1.89. The molecule has 1 rings (SSSR count). The van der Waals surface area contributed by atoms with E-state index in [1.165, 1.54) is 6.26 Å². The van der Waals surface area contributed by atoms with Crippen molar-refractivity contribution in [3.63, 3.8) is 0 Å². The summed E-state index contributed by atoms with van der Waals surface area (Å²) in [5, 5.41) is 0. The molecule has 0 N–H and O–H groups in total. The van der Waals surface area contributed by atoms with Crippen LogP contribution in [0.2, 0.25) is 0 Å². The molecule has 1 heterocycles. The van der Waals surface area contributed by atoms with Crippen LogP contribution in [0.25, 0.3) is 0 Å². The first-order valence-electron chi connectivity index (χ1n) is 4.88. The van der Waals surface area contributed by atoms with E-state index in [1.807, 2.05) is 0 Å². The van der Waals surface area contributed by atoms with Gasteiger partial charge in [0.2, 0.25) is 6.10 Å². The highest BCUT2D eigenvalue weighted by molar-refractivity contribution is 5.98. The maximum Gasteiger partial charge on any atom is 0.348 e. The molecule has 0 aromatic heterocycles. The Hall–Kier alpha value is -1.32. The predicted molar refractivity (Wildman–Crippen MR) is 54.1 cm³/mol. The fraction of sp³-hybridized carbons (Fsp3) is 0.636. The van der Waals surface area contributed by atoms with Crippen LogP contribution >= 0.6 is 0 Å². The molecule has 0 unspecified atom stereocenters. The van der Waals surface area contributed by atoms with Crippen molar-refractivity contribution in [2.45, 2.75) is 45.8 Å². The second-order valence-electron chi connectivity index (χ2n) is 4.59. The number of ether oxygens (including phenoxy) is 2. The van der Waals surface area contributed by atoms with Gasteiger partial charge in [0.05, 0.1) is 12.7 Å². The van der Waals surface area contributed by atoms with Gasteiger partial charge in [-0.05, 0) is 27.7 Å². The Kier molecular flexibility index (Phi) is 3.17. The van der Waals surface area contributed by atoms with Gasteiger partial charge < -0.3 is 9.47 Å². The molecule has 0 bridgehead atoms. The van der Waals surface area contributed by atoms with Crippen molar-refractivity contribution in [2.75, 3.05) is 0 Å². The molecule has 0 spiro atoms. The molecule has 0 radical (unpaired) electrons. The molecular formula is C11H16O4. The molecule has 0 amide bonds. The lowest BCUT2D eigenvalue weighted by Gasteiger charge is -2.25. The standard InChI is InChI=1S/C11H16O4/c1-7-6-14-9(5-8(7)12)10(13)15-11(2,3)4/h6,9H,5H2,1-4H3/t9-/m0/s1. The van der Waals surface area contributed by atoms with Gasteiger partial charge in [-0.2, -0.15) is 0 Å². The number of rotatable bonds is 1. The van der Waals surface area contributed by atoms with Crippen molar-refractivity contribution < 1.29 is 19.1 Å². The summed E-state index contributed by atoms with van der Waals surface area (Å²) in [6.45, 7) is 6.98. The first-order valence-corrected chi connectivity index (χ1v) is 4.88. The van der Waals surface area contributed by atoms with Crippen molar-refractivity contribution in [3.05, 3.63) is 11.8 Å². The molecule has 0 aromatic rings. The second kappa shape index (κ2) is 4.04. The second-order valence-corrected chi connectivity index (χ2v) is 4.59. The normalized spacial score (nSPS) is 21.7. The average molecular weight is 212 g/mol. The van der Waals surface area contributed by atoms with Crippen LogP contribution in [0.4, 0.5) is 0 Å². The van der Waals surface area contributed by atoms with Gasteiger partial charge in [-0.3, -0.25) is 4.79 Å². The SMILES string of the molecule is CC1=CO[C@H](C(=O)OC(C)(C)C)CC1=O. The quantitative estimate of drug-likeness (QED) is 0.619. The van der Waals surface area contributed by atoms with Crippen LogP contribution in [-0.4, -0.2) is 23.5 Å². The summed E-state index contributed by atoms with van der Waals surface area (Å²) in [4.78, 5) is 22.9. The van der Waals surface area contributed by atoms with E-state index in [0.29, 0.717) is 5.57 Å². The zero-order chi connectivity index (χ0) is 11.6.